The van der Waals surface area contributed by atoms with Crippen LogP contribution in [0.1, 0.15) is 56.9 Å². The molecule has 0 bridgehead atoms. The lowest BCUT2D eigenvalue weighted by Crippen LogP contribution is -2.54. The summed E-state index contributed by atoms with van der Waals surface area (Å²) in [6.07, 6.45) is 5.93. The third-order valence-electron chi connectivity index (χ3n) is 8.51. The Bertz CT molecular complexity index is 1450. The van der Waals surface area contributed by atoms with Crippen LogP contribution in [-0.4, -0.2) is 67.6 Å². The Hall–Kier alpha value is -3.92. The minimum Gasteiger partial charge on any atom is -0.446 e. The van der Waals surface area contributed by atoms with E-state index in [9.17, 15) is 27.6 Å². The number of hydrogen-bond donors (Lipinski definition) is 3. The fourth-order valence-electron chi connectivity index (χ4n) is 5.86. The van der Waals surface area contributed by atoms with E-state index in [1.54, 1.807) is 30.1 Å². The molecule has 1 aliphatic heterocycles. The van der Waals surface area contributed by atoms with Crippen LogP contribution in [0.25, 0.3) is 0 Å². The second-order valence-corrected chi connectivity index (χ2v) is 13.6. The molecular formula is C29H35N5O7S. The number of rotatable bonds is 5. The van der Waals surface area contributed by atoms with Gasteiger partial charge in [-0.2, -0.15) is 5.26 Å². The molecule has 0 saturated heterocycles. The molecule has 224 valence electrons. The van der Waals surface area contributed by atoms with Crippen molar-refractivity contribution in [3.63, 3.8) is 0 Å². The van der Waals surface area contributed by atoms with Crippen molar-refractivity contribution in [1.29, 1.82) is 5.26 Å². The first kappa shape index (κ1) is 29.6. The Morgan fingerprint density at radius 1 is 1.17 bits per heavy atom. The first-order valence-corrected chi connectivity index (χ1v) is 15.8. The van der Waals surface area contributed by atoms with E-state index in [0.29, 0.717) is 30.6 Å². The highest BCUT2D eigenvalue weighted by molar-refractivity contribution is 7.91. The van der Waals surface area contributed by atoms with E-state index in [4.69, 9.17) is 10.00 Å². The monoisotopic (exact) mass is 597 g/mol. The van der Waals surface area contributed by atoms with Gasteiger partial charge in [-0.3, -0.25) is 24.4 Å². The Balaban J connectivity index is 1.34. The van der Waals surface area contributed by atoms with Crippen LogP contribution in [0.15, 0.2) is 36.4 Å². The number of nitrogens with one attached hydrogen (secondary N) is 3. The summed E-state index contributed by atoms with van der Waals surface area (Å²) in [6, 6.07) is 8.31. The van der Waals surface area contributed by atoms with Gasteiger partial charge in [-0.05, 0) is 69.6 Å². The molecule has 13 heteroatoms. The van der Waals surface area contributed by atoms with Crippen LogP contribution in [0.3, 0.4) is 0 Å². The van der Waals surface area contributed by atoms with Crippen molar-refractivity contribution in [2.45, 2.75) is 68.3 Å². The Morgan fingerprint density at radius 2 is 1.93 bits per heavy atom. The zero-order chi connectivity index (χ0) is 30.1. The summed E-state index contributed by atoms with van der Waals surface area (Å²) < 4.78 is 32.9. The lowest BCUT2D eigenvalue weighted by Gasteiger charge is -2.26. The van der Waals surface area contributed by atoms with Gasteiger partial charge < -0.3 is 15.0 Å². The predicted molar refractivity (Wildman–Crippen MR) is 151 cm³/mol. The van der Waals surface area contributed by atoms with Gasteiger partial charge in [-0.25, -0.2) is 13.2 Å². The number of carbonyl (C=O) groups is 4. The maximum atomic E-state index is 13.7. The van der Waals surface area contributed by atoms with Gasteiger partial charge in [-0.1, -0.05) is 18.2 Å². The van der Waals surface area contributed by atoms with Crippen LogP contribution in [0, 0.1) is 29.1 Å². The molecule has 5 unspecified atom stereocenters. The Morgan fingerprint density at radius 3 is 2.67 bits per heavy atom. The molecule has 42 heavy (non-hydrogen) atoms. The van der Waals surface area contributed by atoms with E-state index in [0.717, 1.165) is 19.3 Å². The van der Waals surface area contributed by atoms with Crippen LogP contribution in [0.2, 0.25) is 0 Å². The first-order chi connectivity index (χ1) is 20.0. The maximum absolute atomic E-state index is 13.7. The molecule has 3 N–H and O–H groups in total. The van der Waals surface area contributed by atoms with Crippen LogP contribution in [0.4, 0.5) is 10.5 Å². The van der Waals surface area contributed by atoms with E-state index in [1.807, 2.05) is 18.2 Å². The lowest BCUT2D eigenvalue weighted by molar-refractivity contribution is -0.140. The number of sulfonamides is 1. The normalized spacial score (nSPS) is 30.4. The molecule has 0 aromatic heterocycles. The second-order valence-electron chi connectivity index (χ2n) is 11.7. The number of anilines is 1. The van der Waals surface area contributed by atoms with Crippen molar-refractivity contribution < 1.29 is 32.3 Å². The average Bonchev–Trinajstić information content (AvgIpc) is 3.87. The molecule has 5 atom stereocenters. The highest BCUT2D eigenvalue weighted by atomic mass is 32.2. The van der Waals surface area contributed by atoms with E-state index in [-0.39, 0.29) is 31.1 Å². The summed E-state index contributed by atoms with van der Waals surface area (Å²) >= 11 is 0. The molecule has 3 fully saturated rings. The number of fused-ring (bicyclic) bond motifs is 2. The third kappa shape index (κ3) is 6.43. The molecule has 0 spiro atoms. The fraction of sp³-hybridized carbons (Fsp3) is 0.552. The number of amides is 4. The number of allylic oxidation sites excluding steroid dienone is 1. The molecular weight excluding hydrogens is 562 g/mol. The summed E-state index contributed by atoms with van der Waals surface area (Å²) in [6.45, 7) is 0.507. The number of ether oxygens (including phenoxy) is 1. The zero-order valence-corrected chi connectivity index (χ0v) is 24.2. The van der Waals surface area contributed by atoms with Crippen molar-refractivity contribution in [3.8, 4) is 6.07 Å². The third-order valence-corrected chi connectivity index (χ3v) is 10.3. The smallest absolute Gasteiger partial charge is 0.411 e. The molecule has 1 aromatic carbocycles. The molecule has 4 amide bonds. The van der Waals surface area contributed by atoms with E-state index >= 15 is 0 Å². The molecule has 3 saturated carbocycles. The van der Waals surface area contributed by atoms with Crippen molar-refractivity contribution >= 4 is 39.5 Å². The number of benzene rings is 1. The summed E-state index contributed by atoms with van der Waals surface area (Å²) in [5, 5.41) is 13.9. The Kier molecular flexibility index (Phi) is 8.28. The SMILES string of the molecule is CN1CCCC/C=C/C2CC2(C(=O)NS(=O)(=O)C2CC2)NC(=O)C2CC(OC(=O)Nc3cccc(C#N)c3)CC2C1=O. The predicted octanol–water partition coefficient (Wildman–Crippen LogP) is 2.18. The largest absolute Gasteiger partial charge is 0.446 e. The van der Waals surface area contributed by atoms with Gasteiger partial charge in [-0.15, -0.1) is 0 Å². The van der Waals surface area contributed by atoms with Crippen molar-refractivity contribution in [2.75, 3.05) is 18.9 Å². The number of carbonyl (C=O) groups excluding carboxylic acids is 4. The van der Waals surface area contributed by atoms with Gasteiger partial charge >= 0.3 is 6.09 Å². The Labute approximate surface area is 244 Å². The van der Waals surface area contributed by atoms with Gasteiger partial charge in [0.1, 0.15) is 11.6 Å². The average molecular weight is 598 g/mol. The molecule has 3 aliphatic carbocycles. The lowest BCUT2D eigenvalue weighted by atomic mass is 9.93. The van der Waals surface area contributed by atoms with Crippen LogP contribution in [-0.2, 0) is 29.1 Å². The highest BCUT2D eigenvalue weighted by Gasteiger charge is 2.62. The molecule has 5 rings (SSSR count). The van der Waals surface area contributed by atoms with Crippen molar-refractivity contribution in [2.24, 2.45) is 17.8 Å². The first-order valence-electron chi connectivity index (χ1n) is 14.3. The standard InChI is InChI=1S/C29H35N5O7S/c1-34-12-5-3-2-4-8-19-16-29(19,27(37)33-42(39,40)22-10-11-22)32-25(35)23-14-21(15-24(23)26(34)36)41-28(38)31-20-9-6-7-18(13-20)17-30/h4,6-9,13,19,21-24H,2-3,5,10-12,14-16H2,1H3,(H,31,38)(H,32,35)(H,33,37)/b8-4+. The highest BCUT2D eigenvalue weighted by Crippen LogP contribution is 2.47. The molecule has 12 nitrogen and oxygen atoms in total. The van der Waals surface area contributed by atoms with E-state index in [1.165, 1.54) is 6.07 Å². The van der Waals surface area contributed by atoms with Crippen LogP contribution < -0.4 is 15.4 Å². The maximum Gasteiger partial charge on any atom is 0.411 e. The number of nitrogens with zero attached hydrogens (tertiary/aromatic N) is 2. The van der Waals surface area contributed by atoms with Gasteiger partial charge in [0.2, 0.25) is 21.8 Å². The van der Waals surface area contributed by atoms with E-state index < -0.39 is 56.7 Å². The summed E-state index contributed by atoms with van der Waals surface area (Å²) in [5.74, 6) is -3.63. The zero-order valence-electron chi connectivity index (χ0n) is 23.4. The topological polar surface area (TPSA) is 175 Å². The summed E-state index contributed by atoms with van der Waals surface area (Å²) in [7, 11) is -2.15. The summed E-state index contributed by atoms with van der Waals surface area (Å²) in [4.78, 5) is 54.8. The van der Waals surface area contributed by atoms with Crippen molar-refractivity contribution in [3.05, 3.63) is 42.0 Å². The minimum absolute atomic E-state index is 0.0559. The molecule has 4 aliphatic rings. The number of hydrogen-bond acceptors (Lipinski definition) is 8. The van der Waals surface area contributed by atoms with Crippen LogP contribution >= 0.6 is 0 Å². The number of nitriles is 1. The molecule has 1 aromatic rings. The molecule has 1 heterocycles. The van der Waals surface area contributed by atoms with Gasteiger partial charge in [0.15, 0.2) is 0 Å². The van der Waals surface area contributed by atoms with Crippen molar-refractivity contribution in [1.82, 2.24) is 14.9 Å². The quantitative estimate of drug-likeness (QED) is 0.433. The van der Waals surface area contributed by atoms with Crippen LogP contribution in [0.5, 0.6) is 0 Å². The minimum atomic E-state index is -3.83. The second kappa shape index (κ2) is 11.8. The fourth-order valence-corrected chi connectivity index (χ4v) is 7.22. The van der Waals surface area contributed by atoms with Gasteiger partial charge in [0.25, 0.3) is 5.91 Å². The summed E-state index contributed by atoms with van der Waals surface area (Å²) in [5.41, 5.74) is -0.702. The van der Waals surface area contributed by atoms with Gasteiger partial charge in [0, 0.05) is 25.2 Å². The van der Waals surface area contributed by atoms with E-state index in [2.05, 4.69) is 15.4 Å². The molecule has 0 radical (unpaired) electrons. The van der Waals surface area contributed by atoms with Gasteiger partial charge in [0.05, 0.1) is 28.7 Å².